The number of rotatable bonds is 8. The summed E-state index contributed by atoms with van der Waals surface area (Å²) in [7, 11) is -0.255. The molecular formula is C23H27N3O5S2. The van der Waals surface area contributed by atoms with Gasteiger partial charge in [-0.25, -0.2) is 13.4 Å². The van der Waals surface area contributed by atoms with Crippen molar-refractivity contribution in [3.63, 3.8) is 0 Å². The van der Waals surface area contributed by atoms with Gasteiger partial charge in [-0.3, -0.25) is 4.79 Å². The van der Waals surface area contributed by atoms with Gasteiger partial charge in [0.2, 0.25) is 5.91 Å². The first-order valence-corrected chi connectivity index (χ1v) is 13.2. The maximum absolute atomic E-state index is 12.6. The van der Waals surface area contributed by atoms with Crippen LogP contribution in [0.3, 0.4) is 0 Å². The van der Waals surface area contributed by atoms with E-state index in [-0.39, 0.29) is 23.0 Å². The number of anilines is 1. The van der Waals surface area contributed by atoms with Crippen molar-refractivity contribution in [2.45, 2.75) is 17.7 Å². The predicted octanol–water partition coefficient (Wildman–Crippen LogP) is 3.22. The third-order valence-corrected chi connectivity index (χ3v) is 8.61. The molecule has 0 aliphatic carbocycles. The van der Waals surface area contributed by atoms with Crippen molar-refractivity contribution in [3.8, 4) is 11.5 Å². The minimum absolute atomic E-state index is 0.00875. The molecule has 0 spiro atoms. The number of ether oxygens (including phenoxy) is 2. The average Bonchev–Trinajstić information content (AvgIpc) is 3.28. The van der Waals surface area contributed by atoms with Crippen molar-refractivity contribution in [2.75, 3.05) is 51.1 Å². The number of hydrogen-bond donors (Lipinski definition) is 0. The fourth-order valence-electron chi connectivity index (χ4n) is 3.83. The van der Waals surface area contributed by atoms with Gasteiger partial charge < -0.3 is 19.3 Å². The van der Waals surface area contributed by atoms with Gasteiger partial charge >= 0.3 is 0 Å². The second kappa shape index (κ2) is 9.96. The summed E-state index contributed by atoms with van der Waals surface area (Å²) in [5, 5.41) is 0.923. The molecule has 0 saturated carbocycles. The topological polar surface area (TPSA) is 89.0 Å². The van der Waals surface area contributed by atoms with Crippen LogP contribution < -0.4 is 14.4 Å². The predicted molar refractivity (Wildman–Crippen MR) is 129 cm³/mol. The number of para-hydroxylation sites is 1. The van der Waals surface area contributed by atoms with Gasteiger partial charge in [0.25, 0.3) is 0 Å². The molecule has 0 bridgehead atoms. The Morgan fingerprint density at radius 1 is 1.03 bits per heavy atom. The van der Waals surface area contributed by atoms with Crippen LogP contribution in [0.15, 0.2) is 47.4 Å². The van der Waals surface area contributed by atoms with Crippen LogP contribution in [0.1, 0.15) is 12.8 Å². The van der Waals surface area contributed by atoms with Crippen LogP contribution in [0, 0.1) is 0 Å². The molecule has 4 rings (SSSR count). The minimum Gasteiger partial charge on any atom is -0.497 e. The quantitative estimate of drug-likeness (QED) is 0.480. The number of methoxy groups -OCH3 is 2. The van der Waals surface area contributed by atoms with E-state index >= 15 is 0 Å². The summed E-state index contributed by atoms with van der Waals surface area (Å²) < 4.78 is 36.6. The van der Waals surface area contributed by atoms with Gasteiger partial charge in [-0.15, -0.1) is 0 Å². The third-order valence-electron chi connectivity index (χ3n) is 5.72. The lowest BCUT2D eigenvalue weighted by molar-refractivity contribution is -0.131. The molecule has 33 heavy (non-hydrogen) atoms. The summed E-state index contributed by atoms with van der Waals surface area (Å²) in [5.74, 6) is 1.30. The number of aromatic nitrogens is 1. The average molecular weight is 490 g/mol. The summed E-state index contributed by atoms with van der Waals surface area (Å²) in [6.07, 6.45) is 0.513. The van der Waals surface area contributed by atoms with Crippen molar-refractivity contribution in [2.24, 2.45) is 0 Å². The zero-order chi connectivity index (χ0) is 23.4. The summed E-state index contributed by atoms with van der Waals surface area (Å²) in [5.41, 5.74) is 0.858. The highest BCUT2D eigenvalue weighted by Crippen LogP contribution is 2.34. The summed E-state index contributed by atoms with van der Waals surface area (Å²) in [6, 6.07) is 12.2. The molecule has 8 nitrogen and oxygen atoms in total. The maximum Gasteiger partial charge on any atom is 0.222 e. The second-order valence-corrected chi connectivity index (χ2v) is 10.9. The summed E-state index contributed by atoms with van der Waals surface area (Å²) in [6.45, 7) is 2.57. The molecular weight excluding hydrogens is 462 g/mol. The van der Waals surface area contributed by atoms with Crippen LogP contribution in [0.4, 0.5) is 5.13 Å². The van der Waals surface area contributed by atoms with Gasteiger partial charge in [-0.05, 0) is 42.8 Å². The highest BCUT2D eigenvalue weighted by atomic mass is 32.2. The van der Waals surface area contributed by atoms with Crippen molar-refractivity contribution in [3.05, 3.63) is 42.5 Å². The highest BCUT2D eigenvalue weighted by Gasteiger charge is 2.24. The molecule has 1 amide bonds. The first-order chi connectivity index (χ1) is 15.9. The normalized spacial score (nSPS) is 14.5. The number of carbonyl (C=O) groups is 1. The fraction of sp³-hybridized carbons (Fsp3) is 0.391. The Morgan fingerprint density at radius 3 is 2.42 bits per heavy atom. The Bertz CT molecular complexity index is 1220. The van der Waals surface area contributed by atoms with E-state index in [1.54, 1.807) is 30.6 Å². The largest absolute Gasteiger partial charge is 0.497 e. The number of amides is 1. The number of thiazole rings is 1. The molecule has 10 heteroatoms. The standard InChI is InChI=1S/C23H27N3O5S2/c1-30-17-8-10-18(11-9-17)33(28,29)16-4-7-21(27)25-12-14-26(15-13-25)23-24-22-19(31-2)5-3-6-20(22)32-23/h3,5-6,8-11H,4,7,12-16H2,1-2H3. The second-order valence-electron chi connectivity index (χ2n) is 7.77. The Balaban J connectivity index is 1.28. The molecule has 0 radical (unpaired) electrons. The lowest BCUT2D eigenvalue weighted by Gasteiger charge is -2.34. The molecule has 2 aromatic carbocycles. The molecule has 3 aromatic rings. The number of benzene rings is 2. The molecule has 0 N–H and O–H groups in total. The monoisotopic (exact) mass is 489 g/mol. The first kappa shape index (κ1) is 23.3. The van der Waals surface area contributed by atoms with Crippen molar-refractivity contribution >= 4 is 42.4 Å². The van der Waals surface area contributed by atoms with Crippen LogP contribution in [-0.2, 0) is 14.6 Å². The van der Waals surface area contributed by atoms with Gasteiger partial charge in [0.15, 0.2) is 15.0 Å². The van der Waals surface area contributed by atoms with Crippen LogP contribution in [0.5, 0.6) is 11.5 Å². The molecule has 1 saturated heterocycles. The van der Waals surface area contributed by atoms with Gasteiger partial charge in [0, 0.05) is 32.6 Å². The molecule has 1 aromatic heterocycles. The summed E-state index contributed by atoms with van der Waals surface area (Å²) >= 11 is 1.62. The lowest BCUT2D eigenvalue weighted by atomic mass is 10.2. The van der Waals surface area contributed by atoms with E-state index in [0.29, 0.717) is 38.3 Å². The number of hydrogen-bond acceptors (Lipinski definition) is 8. The minimum atomic E-state index is -3.43. The van der Waals surface area contributed by atoms with Gasteiger partial charge in [-0.2, -0.15) is 0 Å². The van der Waals surface area contributed by atoms with E-state index in [4.69, 9.17) is 14.5 Å². The van der Waals surface area contributed by atoms with Gasteiger partial charge in [0.1, 0.15) is 17.0 Å². The fourth-order valence-corrected chi connectivity index (χ4v) is 6.18. The number of piperazine rings is 1. The van der Waals surface area contributed by atoms with Gasteiger partial charge in [0.05, 0.1) is 29.6 Å². The molecule has 1 aliphatic heterocycles. The van der Waals surface area contributed by atoms with Crippen molar-refractivity contribution in [1.29, 1.82) is 0 Å². The number of nitrogens with zero attached hydrogens (tertiary/aromatic N) is 3. The van der Waals surface area contributed by atoms with Crippen molar-refractivity contribution in [1.82, 2.24) is 9.88 Å². The first-order valence-electron chi connectivity index (χ1n) is 10.7. The van der Waals surface area contributed by atoms with E-state index in [9.17, 15) is 13.2 Å². The van der Waals surface area contributed by atoms with Crippen LogP contribution in [-0.4, -0.2) is 70.4 Å². The summed E-state index contributed by atoms with van der Waals surface area (Å²) in [4.78, 5) is 21.6. The van der Waals surface area contributed by atoms with E-state index in [1.165, 1.54) is 19.2 Å². The molecule has 2 heterocycles. The van der Waals surface area contributed by atoms with Crippen molar-refractivity contribution < 1.29 is 22.7 Å². The highest BCUT2D eigenvalue weighted by molar-refractivity contribution is 7.91. The Labute approximate surface area is 197 Å². The van der Waals surface area contributed by atoms with Crippen LogP contribution >= 0.6 is 11.3 Å². The van der Waals surface area contributed by atoms with E-state index in [0.717, 1.165) is 21.1 Å². The Morgan fingerprint density at radius 2 is 1.76 bits per heavy atom. The maximum atomic E-state index is 12.6. The Hall–Kier alpha value is -2.85. The molecule has 0 atom stereocenters. The number of carbonyl (C=O) groups excluding carboxylic acids is 1. The Kier molecular flexibility index (Phi) is 7.04. The van der Waals surface area contributed by atoms with E-state index in [2.05, 4.69) is 4.90 Å². The third kappa shape index (κ3) is 5.22. The molecule has 1 aliphatic rings. The number of sulfone groups is 1. The molecule has 0 unspecified atom stereocenters. The van der Waals surface area contributed by atoms with Crippen LogP contribution in [0.25, 0.3) is 10.2 Å². The smallest absolute Gasteiger partial charge is 0.222 e. The number of fused-ring (bicyclic) bond motifs is 1. The molecule has 1 fully saturated rings. The lowest BCUT2D eigenvalue weighted by Crippen LogP contribution is -2.48. The van der Waals surface area contributed by atoms with Gasteiger partial charge in [-0.1, -0.05) is 17.4 Å². The van der Waals surface area contributed by atoms with E-state index in [1.807, 2.05) is 23.1 Å². The molecule has 176 valence electrons. The zero-order valence-corrected chi connectivity index (χ0v) is 20.3. The van der Waals surface area contributed by atoms with Crippen LogP contribution in [0.2, 0.25) is 0 Å². The SMILES string of the molecule is COc1ccc(S(=O)(=O)CCCC(=O)N2CCN(c3nc4c(OC)cccc4s3)CC2)cc1. The van der Waals surface area contributed by atoms with E-state index < -0.39 is 9.84 Å². The zero-order valence-electron chi connectivity index (χ0n) is 18.7.